The smallest absolute Gasteiger partial charge is 0.118 e. The lowest BCUT2D eigenvalue weighted by atomic mass is 10.0. The van der Waals surface area contributed by atoms with E-state index in [1.165, 1.54) is 11.3 Å². The highest BCUT2D eigenvalue weighted by atomic mass is 16.3. The minimum Gasteiger partial charge on any atom is -0.508 e. The molecule has 3 nitrogen and oxygen atoms in total. The van der Waals surface area contributed by atoms with E-state index in [1.54, 1.807) is 0 Å². The van der Waals surface area contributed by atoms with E-state index in [9.17, 15) is 5.11 Å². The van der Waals surface area contributed by atoms with E-state index in [4.69, 9.17) is 0 Å². The summed E-state index contributed by atoms with van der Waals surface area (Å²) >= 11 is 0. The van der Waals surface area contributed by atoms with Crippen molar-refractivity contribution in [2.75, 3.05) is 0 Å². The van der Waals surface area contributed by atoms with Gasteiger partial charge in [-0.15, -0.1) is 0 Å². The molecule has 1 aromatic carbocycles. The zero-order valence-electron chi connectivity index (χ0n) is 11.5. The molecule has 0 amide bonds. The second kappa shape index (κ2) is 4.84. The molecule has 0 atom stereocenters. The van der Waals surface area contributed by atoms with Crippen molar-refractivity contribution >= 4 is 0 Å². The van der Waals surface area contributed by atoms with E-state index < -0.39 is 0 Å². The maximum atomic E-state index is 9.64. The molecule has 0 radical (unpaired) electrons. The summed E-state index contributed by atoms with van der Waals surface area (Å²) in [5.74, 6) is 0.380. The standard InChI is InChI=1S/C15H20N2O/c1-10-8-15(18)11(2)7-14(10)5-6-17-9-16-12(3)13(17)4/h7-9,18H,5-6H2,1-4H3. The summed E-state index contributed by atoms with van der Waals surface area (Å²) in [6, 6.07) is 3.92. The Morgan fingerprint density at radius 3 is 2.44 bits per heavy atom. The van der Waals surface area contributed by atoms with Gasteiger partial charge >= 0.3 is 0 Å². The molecule has 18 heavy (non-hydrogen) atoms. The maximum absolute atomic E-state index is 9.64. The van der Waals surface area contributed by atoms with Crippen molar-refractivity contribution in [3.8, 4) is 5.75 Å². The van der Waals surface area contributed by atoms with Gasteiger partial charge in [0.05, 0.1) is 12.0 Å². The minimum atomic E-state index is 0.380. The number of aromatic hydroxyl groups is 1. The lowest BCUT2D eigenvalue weighted by Crippen LogP contribution is -2.03. The maximum Gasteiger partial charge on any atom is 0.118 e. The normalized spacial score (nSPS) is 10.9. The third-order valence-corrected chi connectivity index (χ3v) is 3.62. The molecule has 0 saturated carbocycles. The molecule has 1 aromatic heterocycles. The molecule has 0 aliphatic carbocycles. The second-order valence-electron chi connectivity index (χ2n) is 4.92. The first-order valence-electron chi connectivity index (χ1n) is 6.26. The summed E-state index contributed by atoms with van der Waals surface area (Å²) in [4.78, 5) is 4.31. The van der Waals surface area contributed by atoms with Crippen molar-refractivity contribution in [2.24, 2.45) is 0 Å². The third-order valence-electron chi connectivity index (χ3n) is 3.62. The molecule has 0 fully saturated rings. The number of benzene rings is 1. The van der Waals surface area contributed by atoms with Gasteiger partial charge in [-0.3, -0.25) is 0 Å². The number of aromatic nitrogens is 2. The van der Waals surface area contributed by atoms with Crippen LogP contribution in [0.3, 0.4) is 0 Å². The first-order chi connectivity index (χ1) is 8.49. The van der Waals surface area contributed by atoms with Crippen LogP contribution >= 0.6 is 0 Å². The molecule has 1 heterocycles. The zero-order valence-corrected chi connectivity index (χ0v) is 11.5. The topological polar surface area (TPSA) is 38.0 Å². The lowest BCUT2D eigenvalue weighted by molar-refractivity contribution is 0.470. The van der Waals surface area contributed by atoms with Crippen LogP contribution in [0.15, 0.2) is 18.5 Å². The van der Waals surface area contributed by atoms with Crippen molar-refractivity contribution in [2.45, 2.75) is 40.7 Å². The Bertz CT molecular complexity index is 570. The molecule has 0 spiro atoms. The van der Waals surface area contributed by atoms with Gasteiger partial charge in [0.15, 0.2) is 0 Å². The van der Waals surface area contributed by atoms with Crippen molar-refractivity contribution in [3.05, 3.63) is 46.5 Å². The Hall–Kier alpha value is -1.77. The first-order valence-corrected chi connectivity index (χ1v) is 6.26. The van der Waals surface area contributed by atoms with Gasteiger partial charge in [-0.25, -0.2) is 4.98 Å². The molecule has 0 unspecified atom stereocenters. The fourth-order valence-corrected chi connectivity index (χ4v) is 2.14. The molecule has 0 aliphatic heterocycles. The molecular formula is C15H20N2O. The summed E-state index contributed by atoms with van der Waals surface area (Å²) in [6.07, 6.45) is 2.86. The molecule has 3 heteroatoms. The van der Waals surface area contributed by atoms with Gasteiger partial charge in [0.2, 0.25) is 0 Å². The average Bonchev–Trinajstić information content (AvgIpc) is 2.63. The Morgan fingerprint density at radius 1 is 1.11 bits per heavy atom. The molecule has 0 saturated heterocycles. The number of phenols is 1. The van der Waals surface area contributed by atoms with Gasteiger partial charge in [-0.05, 0) is 56.9 Å². The van der Waals surface area contributed by atoms with Gasteiger partial charge in [0.25, 0.3) is 0 Å². The molecule has 96 valence electrons. The fraction of sp³-hybridized carbons (Fsp3) is 0.400. The van der Waals surface area contributed by atoms with E-state index in [2.05, 4.69) is 22.5 Å². The Kier molecular flexibility index (Phi) is 3.41. The van der Waals surface area contributed by atoms with Gasteiger partial charge in [-0.1, -0.05) is 6.07 Å². The van der Waals surface area contributed by atoms with Crippen LogP contribution in [-0.2, 0) is 13.0 Å². The number of hydrogen-bond acceptors (Lipinski definition) is 2. The van der Waals surface area contributed by atoms with E-state index in [0.29, 0.717) is 5.75 Å². The van der Waals surface area contributed by atoms with Crippen LogP contribution in [0.5, 0.6) is 5.75 Å². The summed E-state index contributed by atoms with van der Waals surface area (Å²) in [7, 11) is 0. The van der Waals surface area contributed by atoms with Crippen molar-refractivity contribution in [1.82, 2.24) is 9.55 Å². The molecule has 1 N–H and O–H groups in total. The highest BCUT2D eigenvalue weighted by Gasteiger charge is 2.06. The Morgan fingerprint density at radius 2 is 1.83 bits per heavy atom. The van der Waals surface area contributed by atoms with Crippen molar-refractivity contribution in [3.63, 3.8) is 0 Å². The monoisotopic (exact) mass is 244 g/mol. The van der Waals surface area contributed by atoms with Crippen LogP contribution in [0.25, 0.3) is 0 Å². The number of nitrogens with zero attached hydrogens (tertiary/aromatic N) is 2. The van der Waals surface area contributed by atoms with E-state index in [-0.39, 0.29) is 0 Å². The quantitative estimate of drug-likeness (QED) is 0.901. The lowest BCUT2D eigenvalue weighted by Gasteiger charge is -2.10. The summed E-state index contributed by atoms with van der Waals surface area (Å²) in [6.45, 7) is 9.03. The number of phenolic OH excluding ortho intramolecular Hbond substituents is 1. The number of rotatable bonds is 3. The number of imidazole rings is 1. The van der Waals surface area contributed by atoms with Gasteiger partial charge in [0.1, 0.15) is 5.75 Å². The second-order valence-corrected chi connectivity index (χ2v) is 4.92. The Balaban J connectivity index is 2.16. The SMILES string of the molecule is Cc1cc(CCn2cnc(C)c2C)c(C)cc1O. The molecular weight excluding hydrogens is 224 g/mol. The molecule has 0 bridgehead atoms. The van der Waals surface area contributed by atoms with Crippen LogP contribution < -0.4 is 0 Å². The predicted octanol–water partition coefficient (Wildman–Crippen LogP) is 3.07. The number of hydrogen-bond donors (Lipinski definition) is 1. The van der Waals surface area contributed by atoms with Crippen LogP contribution in [0, 0.1) is 27.7 Å². The highest BCUT2D eigenvalue weighted by molar-refractivity contribution is 5.40. The van der Waals surface area contributed by atoms with Gasteiger partial charge < -0.3 is 9.67 Å². The summed E-state index contributed by atoms with van der Waals surface area (Å²) < 4.78 is 2.18. The van der Waals surface area contributed by atoms with Crippen LogP contribution in [0.4, 0.5) is 0 Å². The van der Waals surface area contributed by atoms with E-state index in [0.717, 1.165) is 29.8 Å². The van der Waals surface area contributed by atoms with Crippen LogP contribution in [0.1, 0.15) is 28.1 Å². The van der Waals surface area contributed by atoms with Crippen molar-refractivity contribution < 1.29 is 5.11 Å². The van der Waals surface area contributed by atoms with Gasteiger partial charge in [0, 0.05) is 12.2 Å². The minimum absolute atomic E-state index is 0.380. The highest BCUT2D eigenvalue weighted by Crippen LogP contribution is 2.22. The predicted molar refractivity (Wildman–Crippen MR) is 73.0 cm³/mol. The van der Waals surface area contributed by atoms with Crippen molar-refractivity contribution in [1.29, 1.82) is 0 Å². The average molecular weight is 244 g/mol. The summed E-state index contributed by atoms with van der Waals surface area (Å²) in [5, 5.41) is 9.64. The third kappa shape index (κ3) is 2.40. The summed E-state index contributed by atoms with van der Waals surface area (Å²) in [5.41, 5.74) is 5.69. The first kappa shape index (κ1) is 12.7. The zero-order chi connectivity index (χ0) is 13.3. The fourth-order valence-electron chi connectivity index (χ4n) is 2.14. The Labute approximate surface area is 108 Å². The van der Waals surface area contributed by atoms with Crippen LogP contribution in [-0.4, -0.2) is 14.7 Å². The molecule has 0 aliphatic rings. The van der Waals surface area contributed by atoms with Gasteiger partial charge in [-0.2, -0.15) is 0 Å². The van der Waals surface area contributed by atoms with E-state index >= 15 is 0 Å². The largest absolute Gasteiger partial charge is 0.508 e. The van der Waals surface area contributed by atoms with Crippen LogP contribution in [0.2, 0.25) is 0 Å². The molecule has 2 rings (SSSR count). The molecule has 2 aromatic rings. The van der Waals surface area contributed by atoms with E-state index in [1.807, 2.05) is 33.2 Å². The number of aryl methyl sites for hydroxylation is 5.